The number of hydrogen-bond acceptors (Lipinski definition) is 5. The van der Waals surface area contributed by atoms with Crippen molar-refractivity contribution >= 4 is 28.7 Å². The molecule has 0 aliphatic carbocycles. The highest BCUT2D eigenvalue weighted by molar-refractivity contribution is 7.15. The number of aromatic nitrogens is 1. The van der Waals surface area contributed by atoms with Gasteiger partial charge in [0.05, 0.1) is 0 Å². The zero-order valence-electron chi connectivity index (χ0n) is 10.6. The highest BCUT2D eigenvalue weighted by Crippen LogP contribution is 2.18. The van der Waals surface area contributed by atoms with Gasteiger partial charge in [-0.25, -0.2) is 4.98 Å². The number of rotatable bonds is 7. The van der Waals surface area contributed by atoms with Crippen LogP contribution in [-0.2, 0) is 11.2 Å². The zero-order chi connectivity index (χ0) is 15.2. The monoisotopic (exact) mass is 327 g/mol. The maximum absolute atomic E-state index is 12.2. The minimum Gasteiger partial charge on any atom is -0.372 e. The molecule has 0 aromatic carbocycles. The molecular formula is C11H13ClF3N3OS. The average Bonchev–Trinajstić information content (AvgIpc) is 2.74. The van der Waals surface area contributed by atoms with Crippen LogP contribution in [0, 0.1) is 0 Å². The molecule has 0 radical (unpaired) electrons. The Bertz CT molecular complexity index is 488. The number of alkyl halides is 3. The van der Waals surface area contributed by atoms with E-state index in [1.54, 1.807) is 13.1 Å². The lowest BCUT2D eigenvalue weighted by Gasteiger charge is -2.12. The summed E-state index contributed by atoms with van der Waals surface area (Å²) in [5.74, 6) is -1.85. The molecule has 0 amide bonds. The van der Waals surface area contributed by atoms with E-state index in [9.17, 15) is 18.0 Å². The minimum atomic E-state index is -4.87. The van der Waals surface area contributed by atoms with Gasteiger partial charge in [-0.1, -0.05) is 11.6 Å². The van der Waals surface area contributed by atoms with Crippen LogP contribution in [-0.4, -0.2) is 30.0 Å². The molecule has 2 N–H and O–H groups in total. The minimum absolute atomic E-state index is 0.0467. The van der Waals surface area contributed by atoms with Crippen molar-refractivity contribution in [1.82, 2.24) is 15.6 Å². The first-order valence-corrected chi connectivity index (χ1v) is 6.93. The molecule has 0 aliphatic rings. The summed E-state index contributed by atoms with van der Waals surface area (Å²) in [6.07, 6.45) is -2.20. The summed E-state index contributed by atoms with van der Waals surface area (Å²) in [6.45, 7) is 2.48. The molecule has 9 heteroatoms. The molecule has 0 spiro atoms. The normalized spacial score (nSPS) is 12.3. The topological polar surface area (TPSA) is 54.0 Å². The number of ketones is 1. The molecule has 1 aromatic rings. The molecule has 0 unspecified atom stereocenters. The van der Waals surface area contributed by atoms with Gasteiger partial charge in [-0.15, -0.1) is 11.3 Å². The van der Waals surface area contributed by atoms with Gasteiger partial charge in [0, 0.05) is 36.7 Å². The standard InChI is InChI=1S/C11H13ClF3N3OS/c1-2-16-9(5-8(19)11(13,14)15)17-4-3-7-6-18-10(12)20-7/h5-6,16-17H,2-4H2,1H3/b9-5+. The summed E-state index contributed by atoms with van der Waals surface area (Å²) >= 11 is 6.96. The molecule has 0 fully saturated rings. The fraction of sp³-hybridized carbons (Fsp3) is 0.455. The van der Waals surface area contributed by atoms with Crippen molar-refractivity contribution in [3.05, 3.63) is 27.4 Å². The van der Waals surface area contributed by atoms with Gasteiger partial charge in [-0.2, -0.15) is 13.2 Å². The summed E-state index contributed by atoms with van der Waals surface area (Å²) in [5, 5.41) is 5.41. The maximum atomic E-state index is 12.2. The second kappa shape index (κ2) is 7.49. The molecule has 0 saturated carbocycles. The van der Waals surface area contributed by atoms with Gasteiger partial charge in [-0.05, 0) is 6.92 Å². The summed E-state index contributed by atoms with van der Waals surface area (Å²) in [6, 6.07) is 0. The molecule has 4 nitrogen and oxygen atoms in total. The molecule has 1 rings (SSSR count). The van der Waals surface area contributed by atoms with Crippen LogP contribution >= 0.6 is 22.9 Å². The van der Waals surface area contributed by atoms with Gasteiger partial charge >= 0.3 is 6.18 Å². The highest BCUT2D eigenvalue weighted by atomic mass is 35.5. The van der Waals surface area contributed by atoms with Crippen LogP contribution in [0.15, 0.2) is 18.1 Å². The lowest BCUT2D eigenvalue weighted by Crippen LogP contribution is -2.31. The Hall–Kier alpha value is -1.28. The first-order chi connectivity index (χ1) is 9.32. The number of carbonyl (C=O) groups is 1. The van der Waals surface area contributed by atoms with Crippen molar-refractivity contribution in [3.63, 3.8) is 0 Å². The fourth-order valence-electron chi connectivity index (χ4n) is 1.29. The van der Waals surface area contributed by atoms with E-state index < -0.39 is 12.0 Å². The van der Waals surface area contributed by atoms with Crippen molar-refractivity contribution in [2.24, 2.45) is 0 Å². The smallest absolute Gasteiger partial charge is 0.372 e. The first kappa shape index (κ1) is 16.8. The van der Waals surface area contributed by atoms with Crippen molar-refractivity contribution in [3.8, 4) is 0 Å². The lowest BCUT2D eigenvalue weighted by atomic mass is 10.3. The van der Waals surface area contributed by atoms with Crippen LogP contribution in [0.3, 0.4) is 0 Å². The number of nitrogens with one attached hydrogen (secondary N) is 2. The van der Waals surface area contributed by atoms with Crippen LogP contribution in [0.5, 0.6) is 0 Å². The van der Waals surface area contributed by atoms with Crippen molar-refractivity contribution in [1.29, 1.82) is 0 Å². The maximum Gasteiger partial charge on any atom is 0.454 e. The van der Waals surface area contributed by atoms with Gasteiger partial charge < -0.3 is 10.6 Å². The van der Waals surface area contributed by atoms with E-state index in [4.69, 9.17) is 11.6 Å². The van der Waals surface area contributed by atoms with E-state index in [1.807, 2.05) is 0 Å². The number of nitrogens with zero attached hydrogens (tertiary/aromatic N) is 1. The molecule has 112 valence electrons. The third-order valence-corrected chi connectivity index (χ3v) is 3.31. The predicted octanol–water partition coefficient (Wildman–Crippen LogP) is 2.51. The Kier molecular flexibility index (Phi) is 6.28. The number of hydrogen-bond donors (Lipinski definition) is 2. The fourth-order valence-corrected chi connectivity index (χ4v) is 2.26. The number of carbonyl (C=O) groups excluding carboxylic acids is 1. The average molecular weight is 328 g/mol. The molecule has 0 atom stereocenters. The van der Waals surface area contributed by atoms with E-state index in [-0.39, 0.29) is 5.82 Å². The van der Waals surface area contributed by atoms with Crippen LogP contribution in [0.1, 0.15) is 11.8 Å². The van der Waals surface area contributed by atoms with Crippen LogP contribution < -0.4 is 10.6 Å². The Morgan fingerprint density at radius 2 is 2.20 bits per heavy atom. The number of thiazole rings is 1. The van der Waals surface area contributed by atoms with E-state index in [0.717, 1.165) is 4.88 Å². The highest BCUT2D eigenvalue weighted by Gasteiger charge is 2.36. The molecule has 20 heavy (non-hydrogen) atoms. The lowest BCUT2D eigenvalue weighted by molar-refractivity contribution is -0.165. The molecule has 0 saturated heterocycles. The van der Waals surface area contributed by atoms with Crippen LogP contribution in [0.4, 0.5) is 13.2 Å². The molecular weight excluding hydrogens is 315 g/mol. The van der Waals surface area contributed by atoms with Crippen molar-refractivity contribution < 1.29 is 18.0 Å². The van der Waals surface area contributed by atoms with Gasteiger partial charge in [0.25, 0.3) is 5.78 Å². The first-order valence-electron chi connectivity index (χ1n) is 5.73. The SMILES string of the molecule is CCN/C(=C\C(=O)C(F)(F)F)NCCc1cnc(Cl)s1. The predicted molar refractivity (Wildman–Crippen MR) is 71.7 cm³/mol. The molecule has 1 aromatic heterocycles. The van der Waals surface area contributed by atoms with Gasteiger partial charge in [0.1, 0.15) is 5.82 Å². The Morgan fingerprint density at radius 1 is 1.50 bits per heavy atom. The summed E-state index contributed by atoms with van der Waals surface area (Å²) < 4.78 is 36.9. The van der Waals surface area contributed by atoms with Crippen LogP contribution in [0.2, 0.25) is 4.47 Å². The number of allylic oxidation sites excluding steroid dienone is 1. The van der Waals surface area contributed by atoms with E-state index >= 15 is 0 Å². The summed E-state index contributed by atoms with van der Waals surface area (Å²) in [5.41, 5.74) is 0. The summed E-state index contributed by atoms with van der Waals surface area (Å²) in [4.78, 5) is 15.6. The molecule has 0 aliphatic heterocycles. The van der Waals surface area contributed by atoms with E-state index in [0.29, 0.717) is 30.1 Å². The third kappa shape index (κ3) is 5.79. The number of halogens is 4. The van der Waals surface area contributed by atoms with Crippen molar-refractivity contribution in [2.45, 2.75) is 19.5 Å². The Balaban J connectivity index is 2.54. The zero-order valence-corrected chi connectivity index (χ0v) is 12.1. The van der Waals surface area contributed by atoms with Crippen molar-refractivity contribution in [2.75, 3.05) is 13.1 Å². The van der Waals surface area contributed by atoms with E-state index in [2.05, 4.69) is 15.6 Å². The Labute approximate surface area is 123 Å². The molecule has 1 heterocycles. The van der Waals surface area contributed by atoms with Gasteiger partial charge in [0.2, 0.25) is 0 Å². The van der Waals surface area contributed by atoms with Gasteiger partial charge in [-0.3, -0.25) is 4.79 Å². The Morgan fingerprint density at radius 3 is 2.70 bits per heavy atom. The second-order valence-electron chi connectivity index (χ2n) is 3.71. The summed E-state index contributed by atoms with van der Waals surface area (Å²) in [7, 11) is 0. The molecule has 0 bridgehead atoms. The van der Waals surface area contributed by atoms with Gasteiger partial charge in [0.15, 0.2) is 4.47 Å². The second-order valence-corrected chi connectivity index (χ2v) is 5.40. The quantitative estimate of drug-likeness (QED) is 0.756. The largest absolute Gasteiger partial charge is 0.454 e. The third-order valence-electron chi connectivity index (χ3n) is 2.13. The van der Waals surface area contributed by atoms with Crippen LogP contribution in [0.25, 0.3) is 0 Å². The van der Waals surface area contributed by atoms with E-state index in [1.165, 1.54) is 11.3 Å².